The van der Waals surface area contributed by atoms with E-state index in [1.807, 2.05) is 206 Å². The maximum atomic E-state index is 4.35. The molecular weight excluding hydrogens is 1400 g/mol. The van der Waals surface area contributed by atoms with E-state index in [0.717, 1.165) is 17.1 Å². The van der Waals surface area contributed by atoms with Crippen LogP contribution in [0.15, 0.2) is 163 Å². The maximum absolute atomic E-state index is 4.35. The quantitative estimate of drug-likeness (QED) is 0.147. The van der Waals surface area contributed by atoms with Gasteiger partial charge in [-0.2, -0.15) is 0 Å². The molecule has 9 rings (SSSR count). The lowest BCUT2D eigenvalue weighted by Crippen LogP contribution is -2.15. The van der Waals surface area contributed by atoms with E-state index in [2.05, 4.69) is 353 Å². The highest BCUT2D eigenvalue weighted by atomic mass is 14.8. The number of aryl methyl sites for hydroxylation is 7. The van der Waals surface area contributed by atoms with Gasteiger partial charge in [0.2, 0.25) is 0 Å². The first kappa shape index (κ1) is 126. The summed E-state index contributed by atoms with van der Waals surface area (Å²) in [6.07, 6.45) is 28.9. The number of rotatable bonds is 0. The van der Waals surface area contributed by atoms with E-state index in [1.165, 1.54) is 66.9 Å². The van der Waals surface area contributed by atoms with E-state index in [0.29, 0.717) is 17.4 Å². The lowest BCUT2D eigenvalue weighted by molar-refractivity contribution is 0.466. The molecule has 1 aliphatic carbocycles. The van der Waals surface area contributed by atoms with Crippen LogP contribution in [0.4, 0.5) is 0 Å². The highest BCUT2D eigenvalue weighted by Gasteiger charge is 2.25. The van der Waals surface area contributed by atoms with E-state index >= 15 is 0 Å². The number of hydrogen-bond donors (Lipinski definition) is 0. The van der Waals surface area contributed by atoms with E-state index in [4.69, 9.17) is 0 Å². The average Bonchev–Trinajstić information content (AvgIpc) is 1.82. The normalized spacial score (nSPS) is 12.6. The van der Waals surface area contributed by atoms with Crippen LogP contribution in [-0.4, -0.2) is 52.1 Å². The second kappa shape index (κ2) is 65.9. The first-order valence-corrected chi connectivity index (χ1v) is 44.0. The third-order valence-electron chi connectivity index (χ3n) is 16.4. The summed E-state index contributed by atoms with van der Waals surface area (Å²) in [5.41, 5.74) is 22.7. The van der Waals surface area contributed by atoms with Crippen LogP contribution in [0.25, 0.3) is 0 Å². The predicted octanol–water partition coefficient (Wildman–Crippen LogP) is 33.0. The van der Waals surface area contributed by atoms with Gasteiger partial charge in [-0.1, -0.05) is 379 Å². The van der Waals surface area contributed by atoms with Crippen molar-refractivity contribution in [2.45, 2.75) is 418 Å². The van der Waals surface area contributed by atoms with Crippen molar-refractivity contribution in [1.82, 2.24) is 39.9 Å². The van der Waals surface area contributed by atoms with Crippen LogP contribution in [-0.2, 0) is 37.9 Å². The van der Waals surface area contributed by atoms with Crippen molar-refractivity contribution in [2.75, 3.05) is 0 Å². The molecule has 658 valence electrons. The zero-order valence-electron chi connectivity index (χ0n) is 86.1. The van der Waals surface area contributed by atoms with Gasteiger partial charge in [0, 0.05) is 83.7 Å². The molecule has 115 heavy (non-hydrogen) atoms. The van der Waals surface area contributed by atoms with Crippen molar-refractivity contribution in [3.63, 3.8) is 0 Å². The molecule has 6 aromatic heterocycles. The molecular formula is C106H189N9. The van der Waals surface area contributed by atoms with E-state index in [1.54, 1.807) is 18.2 Å². The van der Waals surface area contributed by atoms with Gasteiger partial charge in [-0.05, 0) is 191 Å². The standard InChI is InChI=1S/C11H16.4C10H15N.C10H16.2C9H14N2.C9H15N.9C2H6/c1-9-7-5-6-8-10(9)11(2,3)4;1-8-7-11-6-5-9(8)10(2,3)4;1-8-5-6-11-7-9(8)10(2,3)4;1-8-9(10(2,3)4)6-5-7-11-8;1-8-6-5-7-11-9(8)10(2,3)4;1-8-6-5-7-9(8)10(2,3)4;1-7-8(9(2,3)4)5-10-6-11-7;1-7-5-10-6-11-8(7)9(2,3)4;1-7-8(5-6-10-7)9(2,3)4;9*1-2/h5-8H,1-4H3;4*5-7H,1-4H3;5-8H,1-4H3;2*5-6H,1-4H3;5-7H,1-4H3;9*1-2H3. The first-order chi connectivity index (χ1) is 53.1. The molecule has 7 heterocycles. The van der Waals surface area contributed by atoms with Crippen LogP contribution in [0.3, 0.4) is 0 Å². The molecule has 2 unspecified atom stereocenters. The molecule has 0 bridgehead atoms. The summed E-state index contributed by atoms with van der Waals surface area (Å²) in [5, 5.41) is 0. The highest BCUT2D eigenvalue weighted by molar-refractivity contribution is 5.76. The van der Waals surface area contributed by atoms with Crippen LogP contribution in [0, 0.1) is 65.2 Å². The third kappa shape index (κ3) is 56.8. The molecule has 0 saturated carbocycles. The zero-order chi connectivity index (χ0) is 92.9. The number of benzene rings is 1. The fourth-order valence-corrected chi connectivity index (χ4v) is 11.7. The average molecular weight is 1590 g/mol. The minimum atomic E-state index is 0.132. The summed E-state index contributed by atoms with van der Waals surface area (Å²) < 4.78 is 0. The summed E-state index contributed by atoms with van der Waals surface area (Å²) in [4.78, 5) is 37.4. The molecule has 7 aromatic rings. The molecule has 0 saturated heterocycles. The maximum Gasteiger partial charge on any atom is 0.115 e. The van der Waals surface area contributed by atoms with E-state index in [9.17, 15) is 0 Å². The Bertz CT molecular complexity index is 3000. The van der Waals surface area contributed by atoms with Crippen LogP contribution in [0.1, 0.15) is 404 Å². The zero-order valence-corrected chi connectivity index (χ0v) is 86.1. The molecule has 0 spiro atoms. The largest absolute Gasteiger partial charge is 0.286 e. The van der Waals surface area contributed by atoms with Crippen molar-refractivity contribution in [3.8, 4) is 0 Å². The lowest BCUT2D eigenvalue weighted by atomic mass is 9.81. The summed E-state index contributed by atoms with van der Waals surface area (Å²) in [7, 11) is 0. The minimum absolute atomic E-state index is 0.132. The smallest absolute Gasteiger partial charge is 0.115 e. The number of aromatic nitrogens is 8. The topological polar surface area (TPSA) is 115 Å². The SMILES string of the molecule is CC.CC.CC.CC.CC.CC.CC.CC.CC.CC1C=CC=C1C(C)(C)C.CC1N=CC=C1C(C)(C)C.Cc1ccccc1C(C)(C)C.Cc1cccnc1C(C)(C)C.Cc1ccncc1C(C)(C)C.Cc1cnccc1C(C)(C)C.Cc1cncnc1C(C)(C)C.Cc1ncccc1C(C)(C)C.Cc1ncncc1C(C)(C)C. The van der Waals surface area contributed by atoms with E-state index < -0.39 is 0 Å². The number of hydrogen-bond acceptors (Lipinski definition) is 9. The van der Waals surface area contributed by atoms with Crippen molar-refractivity contribution < 1.29 is 0 Å². The van der Waals surface area contributed by atoms with E-state index in [-0.39, 0.29) is 43.3 Å². The van der Waals surface area contributed by atoms with Crippen molar-refractivity contribution in [3.05, 3.63) is 237 Å². The lowest BCUT2D eigenvalue weighted by Gasteiger charge is -2.24. The Morgan fingerprint density at radius 2 is 0.609 bits per heavy atom. The van der Waals surface area contributed by atoms with Crippen LogP contribution in [0.5, 0.6) is 0 Å². The van der Waals surface area contributed by atoms with Crippen molar-refractivity contribution >= 4 is 6.21 Å². The van der Waals surface area contributed by atoms with Gasteiger partial charge in [-0.3, -0.25) is 24.9 Å². The predicted molar refractivity (Wildman–Crippen MR) is 525 cm³/mol. The van der Waals surface area contributed by atoms with Gasteiger partial charge in [-0.15, -0.1) is 0 Å². The number of allylic oxidation sites excluding steroid dienone is 5. The van der Waals surface area contributed by atoms with Gasteiger partial charge in [0.05, 0.1) is 11.7 Å². The molecule has 2 aliphatic rings. The molecule has 9 heteroatoms. The molecule has 0 N–H and O–H groups in total. The summed E-state index contributed by atoms with van der Waals surface area (Å²) in [6.45, 7) is 115. The Labute approximate surface area is 718 Å². The van der Waals surface area contributed by atoms with Crippen molar-refractivity contribution in [2.24, 2.45) is 21.7 Å². The molecule has 0 amide bonds. The van der Waals surface area contributed by atoms with Gasteiger partial charge in [-0.25, -0.2) is 19.9 Å². The summed E-state index contributed by atoms with van der Waals surface area (Å²) >= 11 is 0. The molecule has 2 atom stereocenters. The van der Waals surface area contributed by atoms with Crippen LogP contribution < -0.4 is 0 Å². The number of aliphatic imine (C=N–C) groups is 1. The first-order valence-electron chi connectivity index (χ1n) is 44.0. The van der Waals surface area contributed by atoms with Crippen LogP contribution >= 0.6 is 0 Å². The minimum Gasteiger partial charge on any atom is -0.286 e. The Balaban J connectivity index is -0.000000153. The van der Waals surface area contributed by atoms with Gasteiger partial charge in [0.15, 0.2) is 0 Å². The van der Waals surface area contributed by atoms with Gasteiger partial charge >= 0.3 is 0 Å². The second-order valence-electron chi connectivity index (χ2n) is 35.2. The molecule has 1 aromatic carbocycles. The highest BCUT2D eigenvalue weighted by Crippen LogP contribution is 2.36. The molecule has 9 nitrogen and oxygen atoms in total. The summed E-state index contributed by atoms with van der Waals surface area (Å²) in [6, 6.07) is 21.3. The number of pyridine rings is 4. The second-order valence-corrected chi connectivity index (χ2v) is 35.2. The Morgan fingerprint density at radius 3 is 0.887 bits per heavy atom. The molecule has 0 fully saturated rings. The van der Waals surface area contributed by atoms with Crippen molar-refractivity contribution in [1.29, 1.82) is 0 Å². The van der Waals surface area contributed by atoms with Gasteiger partial charge in [0.25, 0.3) is 0 Å². The monoisotopic (exact) mass is 1590 g/mol. The Kier molecular flexibility index (Phi) is 72.2. The fourth-order valence-electron chi connectivity index (χ4n) is 11.7. The Morgan fingerprint density at radius 1 is 0.261 bits per heavy atom. The summed E-state index contributed by atoms with van der Waals surface area (Å²) in [5.74, 6) is 0.653. The molecule has 0 radical (unpaired) electrons. The fraction of sp³-hybridized carbons (Fsp3) is 0.613. The van der Waals surface area contributed by atoms with Gasteiger partial charge < -0.3 is 0 Å². The van der Waals surface area contributed by atoms with Gasteiger partial charge in [0.1, 0.15) is 12.7 Å². The number of nitrogens with zero attached hydrogens (tertiary/aromatic N) is 9. The Hall–Kier alpha value is -7.13. The molecule has 1 aliphatic heterocycles. The third-order valence-corrected chi connectivity index (χ3v) is 16.4. The van der Waals surface area contributed by atoms with Crippen LogP contribution in [0.2, 0.25) is 0 Å².